The van der Waals surface area contributed by atoms with Crippen molar-refractivity contribution in [2.75, 3.05) is 13.2 Å². The number of benzene rings is 1. The molecule has 0 spiro atoms. The number of nitrogens with one attached hydrogen (secondary N) is 1. The highest BCUT2D eigenvalue weighted by Crippen LogP contribution is 2.25. The molecule has 0 aromatic heterocycles. The summed E-state index contributed by atoms with van der Waals surface area (Å²) in [4.78, 5) is 0. The van der Waals surface area contributed by atoms with Crippen LogP contribution in [0.4, 0.5) is 0 Å². The van der Waals surface area contributed by atoms with Gasteiger partial charge in [-0.05, 0) is 37.5 Å². The number of hydrogen-bond acceptors (Lipinski definition) is 3. The van der Waals surface area contributed by atoms with Crippen LogP contribution in [-0.4, -0.2) is 30.4 Å². The number of aryl methyl sites for hydroxylation is 2. The lowest BCUT2D eigenvalue weighted by atomic mass is 10.1. The molecule has 102 valence electrons. The summed E-state index contributed by atoms with van der Waals surface area (Å²) in [5, 5.41) is 13.0. The van der Waals surface area contributed by atoms with Gasteiger partial charge in [0.15, 0.2) is 0 Å². The maximum Gasteiger partial charge on any atom is 0.125 e. The van der Waals surface area contributed by atoms with Gasteiger partial charge in [0.05, 0.1) is 0 Å². The van der Waals surface area contributed by atoms with Gasteiger partial charge in [0.1, 0.15) is 18.5 Å². The van der Waals surface area contributed by atoms with E-state index in [1.54, 1.807) is 0 Å². The molecule has 1 unspecified atom stereocenters. The van der Waals surface area contributed by atoms with E-state index in [-0.39, 0.29) is 0 Å². The van der Waals surface area contributed by atoms with Crippen LogP contribution >= 0.6 is 0 Å². The Hall–Kier alpha value is -1.06. The van der Waals surface area contributed by atoms with Gasteiger partial charge in [0.25, 0.3) is 0 Å². The Morgan fingerprint density at radius 3 is 2.39 bits per heavy atom. The Balaban J connectivity index is 2.55. The van der Waals surface area contributed by atoms with Crippen LogP contribution in [0.1, 0.15) is 30.5 Å². The van der Waals surface area contributed by atoms with E-state index in [4.69, 9.17) is 4.74 Å². The highest BCUT2D eigenvalue weighted by atomic mass is 16.5. The van der Waals surface area contributed by atoms with Gasteiger partial charge in [-0.25, -0.2) is 0 Å². The molecule has 0 saturated carbocycles. The van der Waals surface area contributed by atoms with E-state index in [0.717, 1.165) is 16.9 Å². The Bertz CT molecular complexity index is 388. The molecule has 0 heterocycles. The zero-order valence-corrected chi connectivity index (χ0v) is 12.1. The van der Waals surface area contributed by atoms with Crippen molar-refractivity contribution in [2.24, 2.45) is 0 Å². The Morgan fingerprint density at radius 1 is 1.17 bits per heavy atom. The SMILES string of the molecule is Cc1ccc(C)c(OCC(O)CNC(C)C)c1C. The maximum atomic E-state index is 9.82. The second-order valence-corrected chi connectivity index (χ2v) is 5.18. The maximum absolute atomic E-state index is 9.82. The number of hydrogen-bond donors (Lipinski definition) is 2. The van der Waals surface area contributed by atoms with Crippen molar-refractivity contribution < 1.29 is 9.84 Å². The van der Waals surface area contributed by atoms with Gasteiger partial charge in [0, 0.05) is 12.6 Å². The molecule has 1 aromatic carbocycles. The van der Waals surface area contributed by atoms with Crippen LogP contribution in [0.15, 0.2) is 12.1 Å². The van der Waals surface area contributed by atoms with Crippen molar-refractivity contribution in [3.63, 3.8) is 0 Å². The third kappa shape index (κ3) is 4.31. The molecule has 0 fully saturated rings. The molecule has 1 rings (SSSR count). The van der Waals surface area contributed by atoms with E-state index < -0.39 is 6.10 Å². The van der Waals surface area contributed by atoms with Crippen molar-refractivity contribution in [2.45, 2.75) is 46.8 Å². The average molecular weight is 251 g/mol. The van der Waals surface area contributed by atoms with Crippen LogP contribution in [0.25, 0.3) is 0 Å². The summed E-state index contributed by atoms with van der Waals surface area (Å²) >= 11 is 0. The molecule has 0 aliphatic heterocycles. The minimum Gasteiger partial charge on any atom is -0.490 e. The molecule has 18 heavy (non-hydrogen) atoms. The van der Waals surface area contributed by atoms with Crippen molar-refractivity contribution in [1.29, 1.82) is 0 Å². The third-order valence-corrected chi connectivity index (χ3v) is 3.06. The molecular weight excluding hydrogens is 226 g/mol. The van der Waals surface area contributed by atoms with Gasteiger partial charge in [-0.15, -0.1) is 0 Å². The summed E-state index contributed by atoms with van der Waals surface area (Å²) in [6, 6.07) is 4.52. The smallest absolute Gasteiger partial charge is 0.125 e. The number of rotatable bonds is 6. The average Bonchev–Trinajstić information content (AvgIpc) is 2.31. The normalized spacial score (nSPS) is 12.8. The monoisotopic (exact) mass is 251 g/mol. The lowest BCUT2D eigenvalue weighted by molar-refractivity contribution is 0.104. The predicted octanol–water partition coefficient (Wildman–Crippen LogP) is 2.35. The van der Waals surface area contributed by atoms with Crippen LogP contribution in [0.2, 0.25) is 0 Å². The van der Waals surface area contributed by atoms with Crippen LogP contribution in [0.5, 0.6) is 5.75 Å². The minimum absolute atomic E-state index is 0.324. The molecule has 3 nitrogen and oxygen atoms in total. The Morgan fingerprint density at radius 2 is 1.78 bits per heavy atom. The molecular formula is C15H25NO2. The molecule has 0 amide bonds. The van der Waals surface area contributed by atoms with Crippen LogP contribution < -0.4 is 10.1 Å². The lowest BCUT2D eigenvalue weighted by Crippen LogP contribution is -2.35. The van der Waals surface area contributed by atoms with E-state index in [2.05, 4.69) is 45.1 Å². The molecule has 1 aromatic rings. The first-order chi connectivity index (χ1) is 8.41. The summed E-state index contributed by atoms with van der Waals surface area (Å²) in [6.45, 7) is 11.1. The lowest BCUT2D eigenvalue weighted by Gasteiger charge is -2.18. The van der Waals surface area contributed by atoms with Crippen molar-refractivity contribution in [1.82, 2.24) is 5.32 Å². The van der Waals surface area contributed by atoms with Gasteiger partial charge in [0.2, 0.25) is 0 Å². The first-order valence-corrected chi connectivity index (χ1v) is 6.53. The van der Waals surface area contributed by atoms with E-state index >= 15 is 0 Å². The molecule has 0 bridgehead atoms. The summed E-state index contributed by atoms with van der Waals surface area (Å²) < 4.78 is 5.75. The van der Waals surface area contributed by atoms with E-state index in [1.807, 2.05) is 6.92 Å². The van der Waals surface area contributed by atoms with Crippen LogP contribution in [0.3, 0.4) is 0 Å². The second-order valence-electron chi connectivity index (χ2n) is 5.18. The third-order valence-electron chi connectivity index (χ3n) is 3.06. The molecule has 1 atom stereocenters. The van der Waals surface area contributed by atoms with Crippen molar-refractivity contribution in [3.05, 3.63) is 28.8 Å². The van der Waals surface area contributed by atoms with E-state index in [1.165, 1.54) is 5.56 Å². The van der Waals surface area contributed by atoms with Gasteiger partial charge in [-0.2, -0.15) is 0 Å². The van der Waals surface area contributed by atoms with E-state index in [9.17, 15) is 5.11 Å². The molecule has 3 heteroatoms. The number of aliphatic hydroxyl groups is 1. The molecule has 0 saturated heterocycles. The fraction of sp³-hybridized carbons (Fsp3) is 0.600. The van der Waals surface area contributed by atoms with Gasteiger partial charge in [-0.1, -0.05) is 26.0 Å². The van der Waals surface area contributed by atoms with Crippen molar-refractivity contribution >= 4 is 0 Å². The largest absolute Gasteiger partial charge is 0.490 e. The number of ether oxygens (including phenoxy) is 1. The second kappa shape index (κ2) is 6.76. The number of aliphatic hydroxyl groups excluding tert-OH is 1. The molecule has 0 aliphatic carbocycles. The first-order valence-electron chi connectivity index (χ1n) is 6.53. The predicted molar refractivity (Wildman–Crippen MR) is 75.3 cm³/mol. The summed E-state index contributed by atoms with van der Waals surface area (Å²) in [5.74, 6) is 0.901. The zero-order valence-electron chi connectivity index (χ0n) is 12.1. The van der Waals surface area contributed by atoms with Crippen molar-refractivity contribution in [3.8, 4) is 5.75 Å². The van der Waals surface area contributed by atoms with Crippen LogP contribution in [0, 0.1) is 20.8 Å². The molecule has 0 radical (unpaired) electrons. The quantitative estimate of drug-likeness (QED) is 0.815. The Labute approximate surface area is 110 Å². The van der Waals surface area contributed by atoms with Crippen LogP contribution in [-0.2, 0) is 0 Å². The molecule has 2 N–H and O–H groups in total. The summed E-state index contributed by atoms with van der Waals surface area (Å²) in [7, 11) is 0. The van der Waals surface area contributed by atoms with E-state index in [0.29, 0.717) is 19.2 Å². The van der Waals surface area contributed by atoms with Gasteiger partial charge >= 0.3 is 0 Å². The topological polar surface area (TPSA) is 41.5 Å². The fourth-order valence-corrected chi connectivity index (χ4v) is 1.76. The van der Waals surface area contributed by atoms with Gasteiger partial charge in [-0.3, -0.25) is 0 Å². The summed E-state index contributed by atoms with van der Waals surface area (Å²) in [6.07, 6.45) is -0.480. The zero-order chi connectivity index (χ0) is 13.7. The minimum atomic E-state index is -0.480. The highest BCUT2D eigenvalue weighted by Gasteiger charge is 2.10. The summed E-state index contributed by atoms with van der Waals surface area (Å²) in [5.41, 5.74) is 3.48. The molecule has 0 aliphatic rings. The standard InChI is InChI=1S/C15H25NO2/c1-10(2)16-8-14(17)9-18-15-12(4)7-6-11(3)13(15)5/h6-7,10,14,16-17H,8-9H2,1-5H3. The highest BCUT2D eigenvalue weighted by molar-refractivity contribution is 5.44. The van der Waals surface area contributed by atoms with Gasteiger partial charge < -0.3 is 15.2 Å². The Kier molecular flexibility index (Phi) is 5.63. The fourth-order valence-electron chi connectivity index (χ4n) is 1.76. The first kappa shape index (κ1) is 15.0.